The van der Waals surface area contributed by atoms with Gasteiger partial charge in [0.1, 0.15) is 6.61 Å². The summed E-state index contributed by atoms with van der Waals surface area (Å²) in [6.45, 7) is 3.59. The lowest BCUT2D eigenvalue weighted by Gasteiger charge is -2.18. The summed E-state index contributed by atoms with van der Waals surface area (Å²) in [5.74, 6) is -0.898. The van der Waals surface area contributed by atoms with Crippen LogP contribution < -0.4 is 0 Å². The first kappa shape index (κ1) is 42.5. The maximum Gasteiger partial charge on any atom is 0.469 e. The van der Waals surface area contributed by atoms with Crippen molar-refractivity contribution in [2.24, 2.45) is 0 Å². The molecule has 2 N–H and O–H groups in total. The van der Waals surface area contributed by atoms with Crippen LogP contribution in [0.3, 0.4) is 0 Å². The van der Waals surface area contributed by atoms with Crippen molar-refractivity contribution in [2.45, 2.75) is 174 Å². The first-order chi connectivity index (χ1) is 21.3. The minimum Gasteiger partial charge on any atom is -0.462 e. The van der Waals surface area contributed by atoms with Crippen LogP contribution in [0.5, 0.6) is 0 Å². The third-order valence-corrected chi connectivity index (χ3v) is 7.93. The van der Waals surface area contributed by atoms with Gasteiger partial charge < -0.3 is 19.3 Å². The van der Waals surface area contributed by atoms with E-state index >= 15 is 0 Å². The molecule has 0 unspecified atom stereocenters. The van der Waals surface area contributed by atoms with E-state index in [0.29, 0.717) is 12.8 Å². The van der Waals surface area contributed by atoms with Crippen LogP contribution in [0.15, 0.2) is 24.3 Å². The zero-order chi connectivity index (χ0) is 32.6. The predicted molar refractivity (Wildman–Crippen MR) is 179 cm³/mol. The predicted octanol–water partition coefficient (Wildman–Crippen LogP) is 10.1. The topological polar surface area (TPSA) is 119 Å². The molecule has 9 heteroatoms. The SMILES string of the molecule is CCCC/C=C/CCCCCCCCCCCC(=O)O[C@H](COC(=O)CCCCCCC/C=C/CCCC)COP(=O)(O)O. The van der Waals surface area contributed by atoms with Gasteiger partial charge in [0, 0.05) is 12.8 Å². The zero-order valence-corrected chi connectivity index (χ0v) is 29.0. The van der Waals surface area contributed by atoms with Gasteiger partial charge >= 0.3 is 19.8 Å². The Bertz CT molecular complexity index is 777. The van der Waals surface area contributed by atoms with E-state index in [1.165, 1.54) is 70.6 Å². The Hall–Kier alpha value is -1.47. The summed E-state index contributed by atoms with van der Waals surface area (Å²) in [6, 6.07) is 0. The van der Waals surface area contributed by atoms with Crippen LogP contribution in [0.25, 0.3) is 0 Å². The van der Waals surface area contributed by atoms with Crippen LogP contribution >= 0.6 is 7.82 Å². The number of ether oxygens (including phenoxy) is 2. The monoisotopic (exact) mass is 644 g/mol. The molecular weight excluding hydrogens is 579 g/mol. The van der Waals surface area contributed by atoms with Crippen molar-refractivity contribution in [1.82, 2.24) is 0 Å². The molecule has 0 saturated carbocycles. The molecule has 0 spiro atoms. The van der Waals surface area contributed by atoms with E-state index in [2.05, 4.69) is 42.7 Å². The number of carbonyl (C=O) groups excluding carboxylic acids is 2. The van der Waals surface area contributed by atoms with E-state index in [9.17, 15) is 14.2 Å². The fraction of sp³-hybridized carbons (Fsp3) is 0.829. The van der Waals surface area contributed by atoms with Gasteiger partial charge in [-0.1, -0.05) is 128 Å². The lowest BCUT2D eigenvalue weighted by Crippen LogP contribution is -2.29. The van der Waals surface area contributed by atoms with Crippen LogP contribution in [-0.2, 0) is 28.2 Å². The molecule has 8 nitrogen and oxygen atoms in total. The zero-order valence-electron chi connectivity index (χ0n) is 28.1. The molecule has 258 valence electrons. The molecule has 0 fully saturated rings. The molecule has 1 atom stereocenters. The highest BCUT2D eigenvalue weighted by molar-refractivity contribution is 7.46. The Balaban J connectivity index is 3.99. The number of unbranched alkanes of at least 4 members (excludes halogenated alkanes) is 18. The molecule has 0 aliphatic heterocycles. The van der Waals surface area contributed by atoms with Crippen LogP contribution in [0.1, 0.15) is 168 Å². The van der Waals surface area contributed by atoms with Crippen LogP contribution in [0.2, 0.25) is 0 Å². The van der Waals surface area contributed by atoms with Crippen molar-refractivity contribution >= 4 is 19.8 Å². The highest BCUT2D eigenvalue weighted by atomic mass is 31.2. The average Bonchev–Trinajstić information content (AvgIpc) is 2.98. The Kier molecular flexibility index (Phi) is 30.5. The van der Waals surface area contributed by atoms with Crippen molar-refractivity contribution in [1.29, 1.82) is 0 Å². The molecule has 0 aromatic rings. The highest BCUT2D eigenvalue weighted by Gasteiger charge is 2.22. The summed E-state index contributed by atoms with van der Waals surface area (Å²) in [5.41, 5.74) is 0. The van der Waals surface area contributed by atoms with E-state index in [0.717, 1.165) is 57.8 Å². The van der Waals surface area contributed by atoms with E-state index in [4.69, 9.17) is 19.3 Å². The molecule has 0 rings (SSSR count). The van der Waals surface area contributed by atoms with Crippen molar-refractivity contribution < 1.29 is 37.9 Å². The summed E-state index contributed by atoms with van der Waals surface area (Å²) in [7, 11) is -4.74. The van der Waals surface area contributed by atoms with Gasteiger partial charge in [0.05, 0.1) is 6.61 Å². The third-order valence-electron chi connectivity index (χ3n) is 7.44. The summed E-state index contributed by atoms with van der Waals surface area (Å²) in [5, 5.41) is 0. The van der Waals surface area contributed by atoms with E-state index < -0.39 is 32.5 Å². The first-order valence-electron chi connectivity index (χ1n) is 17.6. The number of phosphoric ester groups is 1. The van der Waals surface area contributed by atoms with Crippen molar-refractivity contribution in [3.8, 4) is 0 Å². The molecule has 0 heterocycles. The second kappa shape index (κ2) is 31.5. The number of carbonyl (C=O) groups is 2. The fourth-order valence-corrected chi connectivity index (χ4v) is 5.11. The molecule has 0 aliphatic carbocycles. The van der Waals surface area contributed by atoms with Gasteiger partial charge in [0.15, 0.2) is 6.10 Å². The first-order valence-corrected chi connectivity index (χ1v) is 19.2. The summed E-state index contributed by atoms with van der Waals surface area (Å²) in [6.07, 6.45) is 33.3. The maximum atomic E-state index is 12.3. The fourth-order valence-electron chi connectivity index (χ4n) is 4.75. The lowest BCUT2D eigenvalue weighted by molar-refractivity contribution is -0.161. The van der Waals surface area contributed by atoms with Crippen molar-refractivity contribution in [3.05, 3.63) is 24.3 Å². The van der Waals surface area contributed by atoms with E-state index in [-0.39, 0.29) is 19.4 Å². The third kappa shape index (κ3) is 33.4. The standard InChI is InChI=1S/C35H65O8P/c1-3-5-7-9-11-13-15-16-17-18-20-22-24-26-28-30-35(37)43-33(32-42-44(38,39)40)31-41-34(36)29-27-25-23-21-19-14-12-10-8-6-4-2/h9-12,33H,3-8,13-32H2,1-2H3,(H2,38,39,40)/b11-9+,12-10+/t33-/m1/s1. The second-order valence-corrected chi connectivity index (χ2v) is 13.1. The number of hydrogen-bond acceptors (Lipinski definition) is 6. The molecule has 0 aliphatic rings. The maximum absolute atomic E-state index is 12.3. The Morgan fingerprint density at radius 2 is 0.955 bits per heavy atom. The van der Waals surface area contributed by atoms with E-state index in [1.807, 2.05) is 0 Å². The largest absolute Gasteiger partial charge is 0.469 e. The van der Waals surface area contributed by atoms with Gasteiger partial charge in [-0.05, 0) is 51.4 Å². The van der Waals surface area contributed by atoms with Crippen molar-refractivity contribution in [2.75, 3.05) is 13.2 Å². The van der Waals surface area contributed by atoms with E-state index in [1.54, 1.807) is 0 Å². The van der Waals surface area contributed by atoms with Crippen LogP contribution in [0.4, 0.5) is 0 Å². The molecule has 44 heavy (non-hydrogen) atoms. The highest BCUT2D eigenvalue weighted by Crippen LogP contribution is 2.36. The minimum atomic E-state index is -4.74. The van der Waals surface area contributed by atoms with Crippen LogP contribution in [-0.4, -0.2) is 41.0 Å². The average molecular weight is 645 g/mol. The Morgan fingerprint density at radius 1 is 0.568 bits per heavy atom. The molecule has 0 radical (unpaired) electrons. The molecule has 0 bridgehead atoms. The summed E-state index contributed by atoms with van der Waals surface area (Å²) in [4.78, 5) is 42.5. The van der Waals surface area contributed by atoms with Gasteiger partial charge in [0.25, 0.3) is 0 Å². The summed E-state index contributed by atoms with van der Waals surface area (Å²) < 4.78 is 26.2. The minimum absolute atomic E-state index is 0.209. The Morgan fingerprint density at radius 3 is 1.39 bits per heavy atom. The summed E-state index contributed by atoms with van der Waals surface area (Å²) >= 11 is 0. The van der Waals surface area contributed by atoms with Gasteiger partial charge in [-0.2, -0.15) is 0 Å². The molecular formula is C35H65O8P. The molecule has 0 saturated heterocycles. The van der Waals surface area contributed by atoms with Crippen molar-refractivity contribution in [3.63, 3.8) is 0 Å². The lowest BCUT2D eigenvalue weighted by atomic mass is 10.1. The number of allylic oxidation sites excluding steroid dienone is 4. The molecule has 0 aromatic heterocycles. The number of hydrogen-bond donors (Lipinski definition) is 2. The van der Waals surface area contributed by atoms with Gasteiger partial charge in [-0.15, -0.1) is 0 Å². The van der Waals surface area contributed by atoms with Gasteiger partial charge in [0.2, 0.25) is 0 Å². The normalized spacial score (nSPS) is 12.7. The number of esters is 2. The van der Waals surface area contributed by atoms with Crippen LogP contribution in [0, 0.1) is 0 Å². The van der Waals surface area contributed by atoms with Gasteiger partial charge in [-0.3, -0.25) is 14.1 Å². The quantitative estimate of drug-likeness (QED) is 0.0321. The smallest absolute Gasteiger partial charge is 0.462 e. The number of rotatable bonds is 32. The molecule has 0 aromatic carbocycles. The second-order valence-electron chi connectivity index (χ2n) is 11.8. The Labute approximate surface area is 269 Å². The molecule has 0 amide bonds. The number of phosphoric acid groups is 1. The van der Waals surface area contributed by atoms with Gasteiger partial charge in [-0.25, -0.2) is 4.57 Å².